The normalized spacial score (nSPS) is 10.8. The average molecular weight is 362 g/mol. The van der Waals surface area contributed by atoms with Gasteiger partial charge in [-0.05, 0) is 54.6 Å². The van der Waals surface area contributed by atoms with Crippen molar-refractivity contribution in [1.29, 1.82) is 0 Å². The highest BCUT2D eigenvalue weighted by Gasteiger charge is 2.11. The highest BCUT2D eigenvalue weighted by Crippen LogP contribution is 2.26. The van der Waals surface area contributed by atoms with Crippen LogP contribution in [0.5, 0.6) is 0 Å². The Hall–Kier alpha value is -3.45. The first-order chi connectivity index (χ1) is 12.6. The van der Waals surface area contributed by atoms with Crippen molar-refractivity contribution in [3.8, 4) is 5.13 Å². The van der Waals surface area contributed by atoms with E-state index in [0.717, 1.165) is 15.3 Å². The van der Waals surface area contributed by atoms with Crippen LogP contribution in [0.1, 0.15) is 20.7 Å². The van der Waals surface area contributed by atoms with Gasteiger partial charge in [-0.3, -0.25) is 9.59 Å². The molecular formula is C19H14N4O2S. The number of fused-ring (bicyclic) bond motifs is 1. The molecule has 4 aromatic rings. The van der Waals surface area contributed by atoms with Crippen LogP contribution in [0.25, 0.3) is 15.3 Å². The Morgan fingerprint density at radius 1 is 1.00 bits per heavy atom. The molecule has 0 spiro atoms. The molecule has 2 heterocycles. The number of carbonyl (C=O) groups excluding carboxylic acids is 2. The lowest BCUT2D eigenvalue weighted by Gasteiger charge is -2.05. The highest BCUT2D eigenvalue weighted by atomic mass is 32.1. The molecule has 0 aliphatic heterocycles. The predicted octanol–water partition coefficient (Wildman–Crippen LogP) is 3.44. The molecule has 128 valence electrons. The molecule has 2 aromatic heterocycles. The topological polar surface area (TPSA) is 90.0 Å². The van der Waals surface area contributed by atoms with Crippen molar-refractivity contribution >= 4 is 39.1 Å². The summed E-state index contributed by atoms with van der Waals surface area (Å²) in [7, 11) is 0. The standard InChI is InChI=1S/C19H14N4O2S/c20-17(24)12-3-6-14(7-4-12)21-18(25)13-5-8-15-16(11-13)26-19(22-15)23-9-1-2-10-23/h1-11H,(H2,20,24)(H,21,25). The lowest BCUT2D eigenvalue weighted by molar-refractivity contribution is 0.0998. The van der Waals surface area contributed by atoms with Crippen LogP contribution in [-0.4, -0.2) is 21.4 Å². The molecule has 0 atom stereocenters. The Balaban J connectivity index is 1.57. The zero-order valence-electron chi connectivity index (χ0n) is 13.5. The molecule has 7 heteroatoms. The Kier molecular flexibility index (Phi) is 3.98. The first-order valence-electron chi connectivity index (χ1n) is 7.85. The molecule has 0 aliphatic rings. The quantitative estimate of drug-likeness (QED) is 0.583. The number of rotatable bonds is 4. The van der Waals surface area contributed by atoms with E-state index in [2.05, 4.69) is 10.3 Å². The summed E-state index contributed by atoms with van der Waals surface area (Å²) in [5.41, 5.74) is 7.59. The molecular weight excluding hydrogens is 348 g/mol. The van der Waals surface area contributed by atoms with Crippen LogP contribution in [0.15, 0.2) is 67.0 Å². The summed E-state index contributed by atoms with van der Waals surface area (Å²) in [6, 6.07) is 15.7. The van der Waals surface area contributed by atoms with Crippen molar-refractivity contribution in [2.24, 2.45) is 5.73 Å². The maximum Gasteiger partial charge on any atom is 0.255 e. The van der Waals surface area contributed by atoms with Gasteiger partial charge in [-0.1, -0.05) is 11.3 Å². The number of anilines is 1. The van der Waals surface area contributed by atoms with Gasteiger partial charge in [0.2, 0.25) is 5.91 Å². The van der Waals surface area contributed by atoms with Crippen LogP contribution in [0.2, 0.25) is 0 Å². The van der Waals surface area contributed by atoms with Gasteiger partial charge in [-0.25, -0.2) is 4.98 Å². The number of hydrogen-bond acceptors (Lipinski definition) is 4. The molecule has 0 unspecified atom stereocenters. The number of nitrogens with zero attached hydrogens (tertiary/aromatic N) is 2. The largest absolute Gasteiger partial charge is 0.366 e. The second-order valence-electron chi connectivity index (χ2n) is 5.66. The predicted molar refractivity (Wildman–Crippen MR) is 102 cm³/mol. The fraction of sp³-hybridized carbons (Fsp3) is 0. The van der Waals surface area contributed by atoms with E-state index >= 15 is 0 Å². The van der Waals surface area contributed by atoms with E-state index in [1.807, 2.05) is 41.2 Å². The number of hydrogen-bond donors (Lipinski definition) is 2. The SMILES string of the molecule is NC(=O)c1ccc(NC(=O)c2ccc3nc(-n4cccc4)sc3c2)cc1. The number of amides is 2. The fourth-order valence-electron chi connectivity index (χ4n) is 2.55. The van der Waals surface area contributed by atoms with Crippen molar-refractivity contribution in [2.45, 2.75) is 0 Å². The van der Waals surface area contributed by atoms with Crippen LogP contribution in [0.4, 0.5) is 5.69 Å². The molecule has 0 bridgehead atoms. The summed E-state index contributed by atoms with van der Waals surface area (Å²) in [6.07, 6.45) is 3.86. The van der Waals surface area contributed by atoms with Crippen LogP contribution < -0.4 is 11.1 Å². The lowest BCUT2D eigenvalue weighted by Crippen LogP contribution is -2.13. The zero-order valence-corrected chi connectivity index (χ0v) is 14.4. The third-order valence-electron chi connectivity index (χ3n) is 3.89. The number of nitrogens with one attached hydrogen (secondary N) is 1. The van der Waals surface area contributed by atoms with E-state index in [1.165, 1.54) is 11.3 Å². The number of aromatic nitrogens is 2. The first kappa shape index (κ1) is 16.0. The second kappa shape index (κ2) is 6.45. The number of benzene rings is 2. The van der Waals surface area contributed by atoms with Crippen molar-refractivity contribution in [3.05, 3.63) is 78.1 Å². The molecule has 26 heavy (non-hydrogen) atoms. The van der Waals surface area contributed by atoms with Crippen molar-refractivity contribution in [1.82, 2.24) is 9.55 Å². The highest BCUT2D eigenvalue weighted by molar-refractivity contribution is 7.20. The number of nitrogens with two attached hydrogens (primary N) is 1. The minimum absolute atomic E-state index is 0.227. The summed E-state index contributed by atoms with van der Waals surface area (Å²) in [5.74, 6) is -0.730. The second-order valence-corrected chi connectivity index (χ2v) is 6.67. The summed E-state index contributed by atoms with van der Waals surface area (Å²) in [6.45, 7) is 0. The van der Waals surface area contributed by atoms with Gasteiger partial charge >= 0.3 is 0 Å². The van der Waals surface area contributed by atoms with Gasteiger partial charge in [-0.2, -0.15) is 0 Å². The van der Waals surface area contributed by atoms with E-state index in [4.69, 9.17) is 5.73 Å². The molecule has 0 radical (unpaired) electrons. The zero-order chi connectivity index (χ0) is 18.1. The minimum atomic E-state index is -0.503. The molecule has 0 saturated carbocycles. The molecule has 0 aliphatic carbocycles. The molecule has 4 rings (SSSR count). The van der Waals surface area contributed by atoms with Gasteiger partial charge < -0.3 is 15.6 Å². The summed E-state index contributed by atoms with van der Waals surface area (Å²) >= 11 is 1.52. The minimum Gasteiger partial charge on any atom is -0.366 e. The fourth-order valence-corrected chi connectivity index (χ4v) is 3.52. The molecule has 0 fully saturated rings. The Morgan fingerprint density at radius 2 is 1.69 bits per heavy atom. The maximum absolute atomic E-state index is 12.5. The van der Waals surface area contributed by atoms with Gasteiger partial charge in [0.25, 0.3) is 5.91 Å². The summed E-state index contributed by atoms with van der Waals surface area (Å²) in [5, 5.41) is 3.66. The van der Waals surface area contributed by atoms with E-state index in [1.54, 1.807) is 30.3 Å². The third kappa shape index (κ3) is 3.07. The van der Waals surface area contributed by atoms with Gasteiger partial charge in [0.1, 0.15) is 0 Å². The lowest BCUT2D eigenvalue weighted by atomic mass is 10.1. The first-order valence-corrected chi connectivity index (χ1v) is 8.67. The van der Waals surface area contributed by atoms with Crippen molar-refractivity contribution in [3.63, 3.8) is 0 Å². The summed E-state index contributed by atoms with van der Waals surface area (Å²) < 4.78 is 2.87. The molecule has 2 amide bonds. The monoisotopic (exact) mass is 362 g/mol. The van der Waals surface area contributed by atoms with Crippen LogP contribution in [-0.2, 0) is 0 Å². The van der Waals surface area contributed by atoms with Crippen molar-refractivity contribution in [2.75, 3.05) is 5.32 Å². The van der Waals surface area contributed by atoms with E-state index in [-0.39, 0.29) is 5.91 Å². The van der Waals surface area contributed by atoms with Crippen LogP contribution in [0, 0.1) is 0 Å². The van der Waals surface area contributed by atoms with Crippen LogP contribution >= 0.6 is 11.3 Å². The maximum atomic E-state index is 12.5. The smallest absolute Gasteiger partial charge is 0.255 e. The van der Waals surface area contributed by atoms with Gasteiger partial charge in [-0.15, -0.1) is 0 Å². The Labute approximate surface area is 152 Å². The van der Waals surface area contributed by atoms with E-state index in [0.29, 0.717) is 16.8 Å². The number of thiazole rings is 1. The number of primary amides is 1. The molecule has 3 N–H and O–H groups in total. The third-order valence-corrected chi connectivity index (χ3v) is 4.92. The van der Waals surface area contributed by atoms with Gasteiger partial charge in [0.05, 0.1) is 10.2 Å². The Bertz CT molecular complexity index is 1100. The molecule has 0 saturated heterocycles. The number of carbonyl (C=O) groups is 2. The Morgan fingerprint density at radius 3 is 2.38 bits per heavy atom. The van der Waals surface area contributed by atoms with Gasteiger partial charge in [0, 0.05) is 29.2 Å². The van der Waals surface area contributed by atoms with Gasteiger partial charge in [0.15, 0.2) is 5.13 Å². The molecule has 2 aromatic carbocycles. The van der Waals surface area contributed by atoms with E-state index < -0.39 is 5.91 Å². The van der Waals surface area contributed by atoms with Crippen LogP contribution in [0.3, 0.4) is 0 Å². The van der Waals surface area contributed by atoms with Crippen molar-refractivity contribution < 1.29 is 9.59 Å². The summed E-state index contributed by atoms with van der Waals surface area (Å²) in [4.78, 5) is 28.2. The molecule has 6 nitrogen and oxygen atoms in total. The average Bonchev–Trinajstić information content (AvgIpc) is 3.30. The van der Waals surface area contributed by atoms with E-state index in [9.17, 15) is 9.59 Å².